The zero-order valence-electron chi connectivity index (χ0n) is 14.0. The van der Waals surface area contributed by atoms with E-state index in [2.05, 4.69) is 38.6 Å². The first-order chi connectivity index (χ1) is 11.7. The quantitative estimate of drug-likeness (QED) is 0.740. The van der Waals surface area contributed by atoms with Gasteiger partial charge in [0, 0.05) is 32.0 Å². The number of para-hydroxylation sites is 2. The van der Waals surface area contributed by atoms with Crippen LogP contribution in [0.15, 0.2) is 36.5 Å². The van der Waals surface area contributed by atoms with Gasteiger partial charge in [-0.1, -0.05) is 12.1 Å². The van der Waals surface area contributed by atoms with Crippen molar-refractivity contribution in [3.8, 4) is 0 Å². The van der Waals surface area contributed by atoms with Gasteiger partial charge in [-0.3, -0.25) is 4.90 Å². The van der Waals surface area contributed by atoms with Crippen molar-refractivity contribution in [2.24, 2.45) is 7.05 Å². The summed E-state index contributed by atoms with van der Waals surface area (Å²) in [4.78, 5) is 16.0. The number of hydrogen-bond donors (Lipinski definition) is 0. The van der Waals surface area contributed by atoms with Crippen LogP contribution in [-0.2, 0) is 18.3 Å². The fourth-order valence-electron chi connectivity index (χ4n) is 3.16. The van der Waals surface area contributed by atoms with E-state index in [1.54, 1.807) is 6.20 Å². The van der Waals surface area contributed by atoms with Gasteiger partial charge in [0.05, 0.1) is 24.2 Å². The Morgan fingerprint density at radius 3 is 2.92 bits per heavy atom. The van der Waals surface area contributed by atoms with Gasteiger partial charge >= 0.3 is 0 Å². The summed E-state index contributed by atoms with van der Waals surface area (Å²) in [6.07, 6.45) is 1.72. The first-order valence-electron chi connectivity index (χ1n) is 8.24. The molecule has 1 aromatic carbocycles. The standard InChI is InChI=1S/C18H21N5O/c1-13-7-8-19-18(20-13)16-11-23(9-10-24-16)12-17-21-14-5-3-4-6-15(14)22(17)2/h3-8,16H,9-12H2,1-2H3/t16-/m0/s1. The maximum Gasteiger partial charge on any atom is 0.158 e. The Labute approximate surface area is 141 Å². The average molecular weight is 323 g/mol. The highest BCUT2D eigenvalue weighted by molar-refractivity contribution is 5.75. The third-order valence-electron chi connectivity index (χ3n) is 4.50. The highest BCUT2D eigenvalue weighted by Crippen LogP contribution is 2.22. The van der Waals surface area contributed by atoms with E-state index in [0.29, 0.717) is 6.61 Å². The Morgan fingerprint density at radius 2 is 2.08 bits per heavy atom. The van der Waals surface area contributed by atoms with Crippen LogP contribution in [0.4, 0.5) is 0 Å². The zero-order valence-corrected chi connectivity index (χ0v) is 14.0. The van der Waals surface area contributed by atoms with Crippen LogP contribution in [0.5, 0.6) is 0 Å². The number of ether oxygens (including phenoxy) is 1. The van der Waals surface area contributed by atoms with Gasteiger partial charge in [0.2, 0.25) is 0 Å². The SMILES string of the molecule is Cc1ccnc([C@@H]2CN(Cc3nc4ccccc4n3C)CCO2)n1. The highest BCUT2D eigenvalue weighted by atomic mass is 16.5. The third kappa shape index (κ3) is 2.90. The predicted octanol–water partition coefficient (Wildman–Crippen LogP) is 2.25. The largest absolute Gasteiger partial charge is 0.368 e. The summed E-state index contributed by atoms with van der Waals surface area (Å²) in [5.74, 6) is 1.84. The molecule has 3 heterocycles. The molecule has 6 heteroatoms. The second-order valence-corrected chi connectivity index (χ2v) is 6.23. The Hall–Kier alpha value is -2.31. The molecule has 0 saturated carbocycles. The predicted molar refractivity (Wildman–Crippen MR) is 91.5 cm³/mol. The lowest BCUT2D eigenvalue weighted by molar-refractivity contribution is -0.0382. The van der Waals surface area contributed by atoms with E-state index in [4.69, 9.17) is 9.72 Å². The number of aryl methyl sites for hydroxylation is 2. The molecule has 1 aliphatic heterocycles. The minimum absolute atomic E-state index is 0.0756. The van der Waals surface area contributed by atoms with E-state index in [0.717, 1.165) is 42.5 Å². The topological polar surface area (TPSA) is 56.1 Å². The van der Waals surface area contributed by atoms with Crippen molar-refractivity contribution >= 4 is 11.0 Å². The van der Waals surface area contributed by atoms with E-state index in [9.17, 15) is 0 Å². The molecule has 6 nitrogen and oxygen atoms in total. The van der Waals surface area contributed by atoms with Gasteiger partial charge in [-0.05, 0) is 25.1 Å². The van der Waals surface area contributed by atoms with Gasteiger partial charge in [0.15, 0.2) is 5.82 Å². The Morgan fingerprint density at radius 1 is 1.21 bits per heavy atom. The van der Waals surface area contributed by atoms with E-state index in [-0.39, 0.29) is 6.10 Å². The lowest BCUT2D eigenvalue weighted by Crippen LogP contribution is -2.39. The van der Waals surface area contributed by atoms with Crippen molar-refractivity contribution < 1.29 is 4.74 Å². The molecule has 4 rings (SSSR count). The smallest absolute Gasteiger partial charge is 0.158 e. The average Bonchev–Trinajstić information content (AvgIpc) is 2.91. The maximum atomic E-state index is 5.88. The molecule has 24 heavy (non-hydrogen) atoms. The zero-order chi connectivity index (χ0) is 16.5. The van der Waals surface area contributed by atoms with Gasteiger partial charge in [-0.25, -0.2) is 15.0 Å². The summed E-state index contributed by atoms with van der Waals surface area (Å²) in [7, 11) is 2.08. The number of imidazole rings is 1. The molecule has 0 N–H and O–H groups in total. The molecule has 3 aromatic rings. The van der Waals surface area contributed by atoms with Crippen molar-refractivity contribution in [2.45, 2.75) is 19.6 Å². The summed E-state index contributed by atoms with van der Waals surface area (Å²) < 4.78 is 8.05. The van der Waals surface area contributed by atoms with Crippen molar-refractivity contribution in [1.29, 1.82) is 0 Å². The molecule has 1 fully saturated rings. The second kappa shape index (κ2) is 6.30. The van der Waals surface area contributed by atoms with Crippen molar-refractivity contribution in [3.05, 3.63) is 53.9 Å². The molecule has 1 saturated heterocycles. The van der Waals surface area contributed by atoms with Crippen molar-refractivity contribution in [1.82, 2.24) is 24.4 Å². The minimum atomic E-state index is -0.0756. The fraction of sp³-hybridized carbons (Fsp3) is 0.389. The van der Waals surface area contributed by atoms with Gasteiger partial charge in [-0.2, -0.15) is 0 Å². The van der Waals surface area contributed by atoms with Crippen molar-refractivity contribution in [2.75, 3.05) is 19.7 Å². The number of aromatic nitrogens is 4. The fourth-order valence-corrected chi connectivity index (χ4v) is 3.16. The lowest BCUT2D eigenvalue weighted by atomic mass is 10.2. The van der Waals surface area contributed by atoms with Gasteiger partial charge in [0.25, 0.3) is 0 Å². The van der Waals surface area contributed by atoms with E-state index < -0.39 is 0 Å². The minimum Gasteiger partial charge on any atom is -0.368 e. The summed E-state index contributed by atoms with van der Waals surface area (Å²) in [6.45, 7) is 5.15. The van der Waals surface area contributed by atoms with Crippen LogP contribution in [0.3, 0.4) is 0 Å². The van der Waals surface area contributed by atoms with Gasteiger partial charge < -0.3 is 9.30 Å². The van der Waals surface area contributed by atoms with Crippen molar-refractivity contribution in [3.63, 3.8) is 0 Å². The molecule has 124 valence electrons. The summed E-state index contributed by atoms with van der Waals surface area (Å²) >= 11 is 0. The first kappa shape index (κ1) is 15.2. The van der Waals surface area contributed by atoms with Crippen LogP contribution in [0.1, 0.15) is 23.4 Å². The van der Waals surface area contributed by atoms with Crippen LogP contribution in [0.2, 0.25) is 0 Å². The molecular weight excluding hydrogens is 302 g/mol. The number of morpholine rings is 1. The molecule has 1 aliphatic rings. The summed E-state index contributed by atoms with van der Waals surface area (Å²) in [6, 6.07) is 10.1. The molecule has 0 radical (unpaired) electrons. The monoisotopic (exact) mass is 323 g/mol. The van der Waals surface area contributed by atoms with Crippen LogP contribution in [0, 0.1) is 6.92 Å². The lowest BCUT2D eigenvalue weighted by Gasteiger charge is -2.31. The second-order valence-electron chi connectivity index (χ2n) is 6.23. The molecule has 0 spiro atoms. The summed E-state index contributed by atoms with van der Waals surface area (Å²) in [5.41, 5.74) is 3.18. The normalized spacial score (nSPS) is 19.0. The summed E-state index contributed by atoms with van der Waals surface area (Å²) in [5, 5.41) is 0. The maximum absolute atomic E-state index is 5.88. The van der Waals surface area contributed by atoms with Gasteiger partial charge in [0.1, 0.15) is 11.9 Å². The molecular formula is C18H21N5O. The van der Waals surface area contributed by atoms with Crippen LogP contribution in [0.25, 0.3) is 11.0 Å². The molecule has 1 atom stereocenters. The van der Waals surface area contributed by atoms with Crippen LogP contribution in [-0.4, -0.2) is 44.1 Å². The number of fused-ring (bicyclic) bond motifs is 1. The van der Waals surface area contributed by atoms with Crippen LogP contribution < -0.4 is 0 Å². The number of nitrogens with zero attached hydrogens (tertiary/aromatic N) is 5. The molecule has 2 aromatic heterocycles. The molecule has 0 aliphatic carbocycles. The number of benzene rings is 1. The first-order valence-corrected chi connectivity index (χ1v) is 8.24. The van der Waals surface area contributed by atoms with Gasteiger partial charge in [-0.15, -0.1) is 0 Å². The van der Waals surface area contributed by atoms with Crippen LogP contribution >= 0.6 is 0 Å². The molecule has 0 bridgehead atoms. The Balaban J connectivity index is 1.53. The Bertz CT molecular complexity index is 859. The molecule has 0 unspecified atom stereocenters. The third-order valence-corrected chi connectivity index (χ3v) is 4.50. The number of hydrogen-bond acceptors (Lipinski definition) is 5. The number of rotatable bonds is 3. The van der Waals surface area contributed by atoms with E-state index >= 15 is 0 Å². The highest BCUT2D eigenvalue weighted by Gasteiger charge is 2.25. The van der Waals surface area contributed by atoms with E-state index in [1.165, 1.54) is 5.52 Å². The Kier molecular flexibility index (Phi) is 4.00. The van der Waals surface area contributed by atoms with E-state index in [1.807, 2.05) is 25.1 Å². The molecule has 0 amide bonds.